The van der Waals surface area contributed by atoms with E-state index in [1.54, 1.807) is 0 Å². The summed E-state index contributed by atoms with van der Waals surface area (Å²) in [5.41, 5.74) is -0.00712. The van der Waals surface area contributed by atoms with Gasteiger partial charge >= 0.3 is 12.0 Å². The number of likely N-dealkylation sites (tertiary alicyclic amines) is 1. The number of benzene rings is 1. The fraction of sp³-hybridized carbons (Fsp3) is 0.429. The molecule has 1 fully saturated rings. The highest BCUT2D eigenvalue weighted by Gasteiger charge is 2.28. The molecule has 0 aromatic heterocycles. The molecule has 1 aromatic carbocycles. The van der Waals surface area contributed by atoms with Crippen molar-refractivity contribution in [1.82, 2.24) is 4.90 Å². The molecule has 2 rings (SSSR count). The molecule has 9 heteroatoms. The van der Waals surface area contributed by atoms with Crippen LogP contribution in [0.15, 0.2) is 18.2 Å². The smallest absolute Gasteiger partial charge is 0.321 e. The molecular formula is C14H17N3O6. The van der Waals surface area contributed by atoms with Crippen LogP contribution >= 0.6 is 0 Å². The van der Waals surface area contributed by atoms with Gasteiger partial charge in [0, 0.05) is 25.2 Å². The highest BCUT2D eigenvalue weighted by Crippen LogP contribution is 2.29. The molecule has 2 amide bonds. The number of hydrogen-bond acceptors (Lipinski definition) is 5. The summed E-state index contributed by atoms with van der Waals surface area (Å²) in [6, 6.07) is 3.37. The van der Waals surface area contributed by atoms with E-state index in [4.69, 9.17) is 9.84 Å². The summed E-state index contributed by atoms with van der Waals surface area (Å²) in [7, 11) is 1.39. The fourth-order valence-corrected chi connectivity index (χ4v) is 2.46. The molecule has 0 saturated carbocycles. The molecule has 9 nitrogen and oxygen atoms in total. The van der Waals surface area contributed by atoms with E-state index < -0.39 is 22.8 Å². The van der Waals surface area contributed by atoms with Crippen LogP contribution in [0.4, 0.5) is 16.2 Å². The molecule has 0 aliphatic carbocycles. The Morgan fingerprint density at radius 1 is 1.48 bits per heavy atom. The number of carboxylic acids is 1. The molecule has 1 unspecified atom stereocenters. The van der Waals surface area contributed by atoms with E-state index in [2.05, 4.69) is 5.32 Å². The van der Waals surface area contributed by atoms with Crippen LogP contribution in [0.1, 0.15) is 12.8 Å². The lowest BCUT2D eigenvalue weighted by Gasteiger charge is -2.30. The first-order chi connectivity index (χ1) is 10.9. The number of non-ortho nitro benzene ring substituents is 1. The van der Waals surface area contributed by atoms with Gasteiger partial charge in [-0.05, 0) is 18.9 Å². The number of rotatable bonds is 4. The Morgan fingerprint density at radius 2 is 2.22 bits per heavy atom. The number of urea groups is 1. The van der Waals surface area contributed by atoms with Crippen LogP contribution in [0.3, 0.4) is 0 Å². The molecule has 0 spiro atoms. The molecule has 1 heterocycles. The number of amides is 2. The van der Waals surface area contributed by atoms with E-state index in [0.717, 1.165) is 0 Å². The first kappa shape index (κ1) is 16.5. The highest BCUT2D eigenvalue weighted by molar-refractivity contribution is 5.92. The summed E-state index contributed by atoms with van der Waals surface area (Å²) in [5, 5.41) is 22.4. The summed E-state index contributed by atoms with van der Waals surface area (Å²) in [6.45, 7) is 0.547. The van der Waals surface area contributed by atoms with Crippen LogP contribution in [0.25, 0.3) is 0 Å². The second kappa shape index (κ2) is 6.95. The largest absolute Gasteiger partial charge is 0.495 e. The first-order valence-corrected chi connectivity index (χ1v) is 7.03. The van der Waals surface area contributed by atoms with Gasteiger partial charge in [-0.15, -0.1) is 0 Å². The molecule has 124 valence electrons. The molecule has 23 heavy (non-hydrogen) atoms. The molecule has 2 N–H and O–H groups in total. The standard InChI is InChI=1S/C14H17N3O6/c1-23-12-5-4-10(17(21)22)7-11(12)15-14(20)16-6-2-3-9(8-16)13(18)19/h4-5,7,9H,2-3,6,8H2,1H3,(H,15,20)(H,18,19). The summed E-state index contributed by atoms with van der Waals surface area (Å²) in [6.07, 6.45) is 1.12. The lowest BCUT2D eigenvalue weighted by Crippen LogP contribution is -2.44. The number of ether oxygens (including phenoxy) is 1. The third-order valence-corrected chi connectivity index (χ3v) is 3.69. The number of methoxy groups -OCH3 is 1. The second-order valence-electron chi connectivity index (χ2n) is 5.20. The van der Waals surface area contributed by atoms with Crippen molar-refractivity contribution >= 4 is 23.4 Å². The molecule has 0 radical (unpaired) electrons. The lowest BCUT2D eigenvalue weighted by molar-refractivity contribution is -0.384. The number of aliphatic carboxylic acids is 1. The zero-order valence-electron chi connectivity index (χ0n) is 12.5. The zero-order chi connectivity index (χ0) is 17.0. The quantitative estimate of drug-likeness (QED) is 0.645. The average molecular weight is 323 g/mol. The van der Waals surface area contributed by atoms with Gasteiger partial charge in [-0.25, -0.2) is 4.79 Å². The summed E-state index contributed by atoms with van der Waals surface area (Å²) in [4.78, 5) is 35.0. The van der Waals surface area contributed by atoms with E-state index >= 15 is 0 Å². The van der Waals surface area contributed by atoms with Crippen LogP contribution in [0.2, 0.25) is 0 Å². The molecule has 1 aliphatic heterocycles. The maximum atomic E-state index is 12.3. The van der Waals surface area contributed by atoms with E-state index in [0.29, 0.717) is 19.4 Å². The van der Waals surface area contributed by atoms with Crippen molar-refractivity contribution < 1.29 is 24.4 Å². The van der Waals surface area contributed by atoms with Crippen molar-refractivity contribution in [3.63, 3.8) is 0 Å². The van der Waals surface area contributed by atoms with Gasteiger partial charge < -0.3 is 20.1 Å². The zero-order valence-corrected chi connectivity index (χ0v) is 12.5. The van der Waals surface area contributed by atoms with Crippen LogP contribution in [0, 0.1) is 16.0 Å². The minimum atomic E-state index is -0.935. The van der Waals surface area contributed by atoms with Gasteiger partial charge in [0.1, 0.15) is 5.75 Å². The highest BCUT2D eigenvalue weighted by atomic mass is 16.6. The Morgan fingerprint density at radius 3 is 2.83 bits per heavy atom. The Balaban J connectivity index is 2.14. The number of nitrogens with one attached hydrogen (secondary N) is 1. The minimum absolute atomic E-state index is 0.110. The van der Waals surface area contributed by atoms with Gasteiger partial charge in [0.05, 0.1) is 23.6 Å². The van der Waals surface area contributed by atoms with Crippen molar-refractivity contribution in [2.45, 2.75) is 12.8 Å². The molecular weight excluding hydrogens is 306 g/mol. The molecule has 0 bridgehead atoms. The molecule has 1 atom stereocenters. The third-order valence-electron chi connectivity index (χ3n) is 3.69. The van der Waals surface area contributed by atoms with E-state index in [1.165, 1.54) is 30.2 Å². The lowest BCUT2D eigenvalue weighted by atomic mass is 9.99. The predicted octanol–water partition coefficient (Wildman–Crippen LogP) is 1.93. The van der Waals surface area contributed by atoms with Gasteiger partial charge in [0.2, 0.25) is 0 Å². The predicted molar refractivity (Wildman–Crippen MR) is 80.6 cm³/mol. The minimum Gasteiger partial charge on any atom is -0.495 e. The number of carbonyl (C=O) groups is 2. The number of anilines is 1. The van der Waals surface area contributed by atoms with E-state index in [-0.39, 0.29) is 23.7 Å². The Bertz CT molecular complexity index is 633. The number of nitro groups is 1. The van der Waals surface area contributed by atoms with Gasteiger partial charge in [0.25, 0.3) is 5.69 Å². The summed E-state index contributed by atoms with van der Waals surface area (Å²) in [5.74, 6) is -1.24. The van der Waals surface area contributed by atoms with E-state index in [9.17, 15) is 19.7 Å². The van der Waals surface area contributed by atoms with Crippen molar-refractivity contribution in [3.05, 3.63) is 28.3 Å². The van der Waals surface area contributed by atoms with Crippen LogP contribution in [-0.2, 0) is 4.79 Å². The SMILES string of the molecule is COc1ccc([N+](=O)[O-])cc1NC(=O)N1CCCC(C(=O)O)C1. The normalized spacial score (nSPS) is 17.4. The number of carboxylic acid groups (broad SMARTS) is 1. The maximum Gasteiger partial charge on any atom is 0.321 e. The fourth-order valence-electron chi connectivity index (χ4n) is 2.46. The number of carbonyl (C=O) groups excluding carboxylic acids is 1. The molecule has 1 saturated heterocycles. The topological polar surface area (TPSA) is 122 Å². The van der Waals surface area contributed by atoms with Crippen LogP contribution < -0.4 is 10.1 Å². The number of nitrogens with zero attached hydrogens (tertiary/aromatic N) is 2. The van der Waals surface area contributed by atoms with Crippen molar-refractivity contribution in [2.24, 2.45) is 5.92 Å². The third kappa shape index (κ3) is 3.87. The first-order valence-electron chi connectivity index (χ1n) is 7.03. The summed E-state index contributed by atoms with van der Waals surface area (Å²) < 4.78 is 5.08. The Labute approximate surface area is 132 Å². The molecule has 1 aromatic rings. The number of nitro benzene ring substituents is 1. The number of hydrogen-bond donors (Lipinski definition) is 2. The van der Waals surface area contributed by atoms with Gasteiger partial charge in [0.15, 0.2) is 0 Å². The summed E-state index contributed by atoms with van der Waals surface area (Å²) >= 11 is 0. The van der Waals surface area contributed by atoms with Crippen molar-refractivity contribution in [3.8, 4) is 5.75 Å². The second-order valence-corrected chi connectivity index (χ2v) is 5.20. The van der Waals surface area contributed by atoms with E-state index in [1.807, 2.05) is 0 Å². The maximum absolute atomic E-state index is 12.3. The van der Waals surface area contributed by atoms with Crippen LogP contribution in [-0.4, -0.2) is 47.1 Å². The monoisotopic (exact) mass is 323 g/mol. The Kier molecular flexibility index (Phi) is 4.99. The van der Waals surface area contributed by atoms with Crippen LogP contribution in [0.5, 0.6) is 5.75 Å². The van der Waals surface area contributed by atoms with Crippen molar-refractivity contribution in [2.75, 3.05) is 25.5 Å². The van der Waals surface area contributed by atoms with Gasteiger partial charge in [-0.1, -0.05) is 0 Å². The van der Waals surface area contributed by atoms with Gasteiger partial charge in [-0.2, -0.15) is 0 Å². The Hall–Kier alpha value is -2.84. The van der Waals surface area contributed by atoms with Crippen molar-refractivity contribution in [1.29, 1.82) is 0 Å². The number of piperidine rings is 1. The molecule has 1 aliphatic rings. The van der Waals surface area contributed by atoms with Gasteiger partial charge in [-0.3, -0.25) is 14.9 Å². The average Bonchev–Trinajstić information content (AvgIpc) is 2.54.